The molecule has 4 heteroatoms. The van der Waals surface area contributed by atoms with Crippen LogP contribution in [0.15, 0.2) is 40.9 Å². The maximum Gasteiger partial charge on any atom is 0.193 e. The van der Waals surface area contributed by atoms with Gasteiger partial charge in [-0.15, -0.1) is 0 Å². The van der Waals surface area contributed by atoms with Crippen molar-refractivity contribution in [3.63, 3.8) is 0 Å². The molecule has 19 heavy (non-hydrogen) atoms. The predicted molar refractivity (Wildman–Crippen MR) is 75.3 cm³/mol. The summed E-state index contributed by atoms with van der Waals surface area (Å²) >= 11 is 3.33. The van der Waals surface area contributed by atoms with Gasteiger partial charge in [0.1, 0.15) is 11.6 Å². The van der Waals surface area contributed by atoms with Gasteiger partial charge in [0.2, 0.25) is 0 Å². The van der Waals surface area contributed by atoms with Gasteiger partial charge in [-0.1, -0.05) is 6.07 Å². The molecule has 0 fully saturated rings. The normalized spacial score (nSPS) is 10.3. The van der Waals surface area contributed by atoms with Gasteiger partial charge < -0.3 is 4.74 Å². The molecule has 0 atom stereocenters. The fourth-order valence-corrected chi connectivity index (χ4v) is 2.34. The van der Waals surface area contributed by atoms with Gasteiger partial charge in [0.15, 0.2) is 5.78 Å². The van der Waals surface area contributed by atoms with Crippen LogP contribution in [0, 0.1) is 12.7 Å². The van der Waals surface area contributed by atoms with Crippen molar-refractivity contribution < 1.29 is 13.9 Å². The molecule has 2 aromatic carbocycles. The van der Waals surface area contributed by atoms with Crippen molar-refractivity contribution in [3.05, 3.63) is 63.4 Å². The SMILES string of the molecule is COc1ccc(C(=O)c2cc(F)ccc2C)cc1Br. The Morgan fingerprint density at radius 1 is 1.21 bits per heavy atom. The van der Waals surface area contributed by atoms with E-state index in [-0.39, 0.29) is 5.78 Å². The van der Waals surface area contributed by atoms with Gasteiger partial charge in [0, 0.05) is 11.1 Å². The average Bonchev–Trinajstić information content (AvgIpc) is 2.40. The lowest BCUT2D eigenvalue weighted by atomic mass is 9.99. The molecule has 0 radical (unpaired) electrons. The molecular formula is C15H12BrFO2. The van der Waals surface area contributed by atoms with Crippen LogP contribution >= 0.6 is 15.9 Å². The molecule has 2 aromatic rings. The third-order valence-corrected chi connectivity index (χ3v) is 3.48. The number of hydrogen-bond donors (Lipinski definition) is 0. The van der Waals surface area contributed by atoms with Gasteiger partial charge >= 0.3 is 0 Å². The Labute approximate surface area is 119 Å². The monoisotopic (exact) mass is 322 g/mol. The Kier molecular flexibility index (Phi) is 4.00. The number of ketones is 1. The summed E-state index contributed by atoms with van der Waals surface area (Å²) in [6, 6.07) is 9.24. The van der Waals surface area contributed by atoms with E-state index in [9.17, 15) is 9.18 Å². The second kappa shape index (κ2) is 5.53. The molecule has 0 saturated carbocycles. The molecule has 0 bridgehead atoms. The third kappa shape index (κ3) is 2.84. The first kappa shape index (κ1) is 13.7. The topological polar surface area (TPSA) is 26.3 Å². The van der Waals surface area contributed by atoms with Crippen molar-refractivity contribution >= 4 is 21.7 Å². The lowest BCUT2D eigenvalue weighted by Gasteiger charge is -2.08. The Bertz CT molecular complexity index is 638. The molecule has 0 aliphatic rings. The van der Waals surface area contributed by atoms with Gasteiger partial charge in [0.05, 0.1) is 11.6 Å². The number of carbonyl (C=O) groups is 1. The highest BCUT2D eigenvalue weighted by Gasteiger charge is 2.14. The second-order valence-corrected chi connectivity index (χ2v) is 4.99. The summed E-state index contributed by atoms with van der Waals surface area (Å²) in [4.78, 5) is 12.3. The number of benzene rings is 2. The summed E-state index contributed by atoms with van der Waals surface area (Å²) in [6.45, 7) is 1.78. The van der Waals surface area contributed by atoms with E-state index in [0.29, 0.717) is 21.3 Å². The highest BCUT2D eigenvalue weighted by atomic mass is 79.9. The minimum atomic E-state index is -0.415. The summed E-state index contributed by atoms with van der Waals surface area (Å²) < 4.78 is 19.0. The Morgan fingerprint density at radius 3 is 2.58 bits per heavy atom. The minimum absolute atomic E-state index is 0.208. The molecular weight excluding hydrogens is 311 g/mol. The van der Waals surface area contributed by atoms with Crippen molar-refractivity contribution in [2.45, 2.75) is 6.92 Å². The smallest absolute Gasteiger partial charge is 0.193 e. The molecule has 0 saturated heterocycles. The van der Waals surface area contributed by atoms with Crippen molar-refractivity contribution in [1.82, 2.24) is 0 Å². The quantitative estimate of drug-likeness (QED) is 0.794. The zero-order valence-electron chi connectivity index (χ0n) is 10.5. The fourth-order valence-electron chi connectivity index (χ4n) is 1.80. The fraction of sp³-hybridized carbons (Fsp3) is 0.133. The van der Waals surface area contributed by atoms with E-state index in [0.717, 1.165) is 5.56 Å². The van der Waals surface area contributed by atoms with Crippen LogP contribution in [0.3, 0.4) is 0 Å². The Balaban J connectivity index is 2.44. The number of halogens is 2. The zero-order chi connectivity index (χ0) is 14.0. The van der Waals surface area contributed by atoms with Gasteiger partial charge in [0.25, 0.3) is 0 Å². The first-order valence-electron chi connectivity index (χ1n) is 5.67. The van der Waals surface area contributed by atoms with E-state index in [1.807, 2.05) is 0 Å². The molecule has 0 heterocycles. The summed E-state index contributed by atoms with van der Waals surface area (Å²) in [5.74, 6) is 0.0226. The van der Waals surface area contributed by atoms with Crippen LogP contribution in [-0.2, 0) is 0 Å². The summed E-state index contributed by atoms with van der Waals surface area (Å²) in [5.41, 5.74) is 1.61. The van der Waals surface area contributed by atoms with Crippen molar-refractivity contribution in [1.29, 1.82) is 0 Å². The molecule has 0 aliphatic heterocycles. The van der Waals surface area contributed by atoms with E-state index in [4.69, 9.17) is 4.74 Å². The van der Waals surface area contributed by atoms with E-state index in [1.165, 1.54) is 12.1 Å². The van der Waals surface area contributed by atoms with E-state index in [1.54, 1.807) is 38.3 Å². The molecule has 98 valence electrons. The maximum absolute atomic E-state index is 13.2. The lowest BCUT2D eigenvalue weighted by Crippen LogP contribution is -2.04. The average molecular weight is 323 g/mol. The van der Waals surface area contributed by atoms with Gasteiger partial charge in [-0.2, -0.15) is 0 Å². The zero-order valence-corrected chi connectivity index (χ0v) is 12.1. The van der Waals surface area contributed by atoms with Crippen LogP contribution in [0.25, 0.3) is 0 Å². The summed E-state index contributed by atoms with van der Waals surface area (Å²) in [6.07, 6.45) is 0. The highest BCUT2D eigenvalue weighted by molar-refractivity contribution is 9.10. The Hall–Kier alpha value is -1.68. The van der Waals surface area contributed by atoms with E-state index in [2.05, 4.69) is 15.9 Å². The summed E-state index contributed by atoms with van der Waals surface area (Å²) in [7, 11) is 1.55. The van der Waals surface area contributed by atoms with Crippen LogP contribution < -0.4 is 4.74 Å². The molecule has 0 amide bonds. The summed E-state index contributed by atoms with van der Waals surface area (Å²) in [5, 5.41) is 0. The van der Waals surface area contributed by atoms with Crippen molar-refractivity contribution in [2.24, 2.45) is 0 Å². The largest absolute Gasteiger partial charge is 0.496 e. The highest BCUT2D eigenvalue weighted by Crippen LogP contribution is 2.27. The molecule has 2 nitrogen and oxygen atoms in total. The number of ether oxygens (including phenoxy) is 1. The van der Waals surface area contributed by atoms with Gasteiger partial charge in [-0.3, -0.25) is 4.79 Å². The number of rotatable bonds is 3. The lowest BCUT2D eigenvalue weighted by molar-refractivity contribution is 0.103. The Morgan fingerprint density at radius 2 is 1.95 bits per heavy atom. The van der Waals surface area contributed by atoms with E-state index < -0.39 is 5.82 Å². The molecule has 0 aliphatic carbocycles. The molecule has 0 unspecified atom stereocenters. The van der Waals surface area contributed by atoms with Crippen LogP contribution in [0.4, 0.5) is 4.39 Å². The van der Waals surface area contributed by atoms with Crippen LogP contribution in [-0.4, -0.2) is 12.9 Å². The molecule has 0 aromatic heterocycles. The predicted octanol–water partition coefficient (Wildman–Crippen LogP) is 4.14. The number of hydrogen-bond acceptors (Lipinski definition) is 2. The van der Waals surface area contributed by atoms with Crippen LogP contribution in [0.2, 0.25) is 0 Å². The minimum Gasteiger partial charge on any atom is -0.496 e. The van der Waals surface area contributed by atoms with Crippen molar-refractivity contribution in [3.8, 4) is 5.75 Å². The molecule has 0 N–H and O–H groups in total. The standard InChI is InChI=1S/C15H12BrFO2/c1-9-3-5-11(17)8-12(9)15(18)10-4-6-14(19-2)13(16)7-10/h3-8H,1-2H3. The number of aryl methyl sites for hydroxylation is 1. The molecule has 2 rings (SSSR count). The van der Waals surface area contributed by atoms with Crippen molar-refractivity contribution in [2.75, 3.05) is 7.11 Å². The number of methoxy groups -OCH3 is 1. The second-order valence-electron chi connectivity index (χ2n) is 4.14. The van der Waals surface area contributed by atoms with E-state index >= 15 is 0 Å². The van der Waals surface area contributed by atoms with Gasteiger partial charge in [-0.25, -0.2) is 4.39 Å². The first-order valence-corrected chi connectivity index (χ1v) is 6.46. The first-order chi connectivity index (χ1) is 9.02. The maximum atomic E-state index is 13.2. The molecule has 0 spiro atoms. The van der Waals surface area contributed by atoms with Crippen LogP contribution in [0.5, 0.6) is 5.75 Å². The van der Waals surface area contributed by atoms with Gasteiger partial charge in [-0.05, 0) is 58.7 Å². The number of carbonyl (C=O) groups excluding carboxylic acids is 1. The third-order valence-electron chi connectivity index (χ3n) is 2.86. The van der Waals surface area contributed by atoms with Crippen LogP contribution in [0.1, 0.15) is 21.5 Å².